The van der Waals surface area contributed by atoms with Crippen LogP contribution in [0.15, 0.2) is 18.2 Å². The minimum absolute atomic E-state index is 0.153. The number of benzene rings is 1. The first-order valence-electron chi connectivity index (χ1n) is 5.46. The summed E-state index contributed by atoms with van der Waals surface area (Å²) >= 11 is 1.25. The van der Waals surface area contributed by atoms with E-state index in [9.17, 15) is 24.1 Å². The molecule has 1 atom stereocenters. The molecule has 1 aliphatic heterocycles. The molecular formula is C11H9FN2O5S. The zero-order valence-electron chi connectivity index (χ0n) is 9.98. The summed E-state index contributed by atoms with van der Waals surface area (Å²) in [6.45, 7) is 0. The van der Waals surface area contributed by atoms with Crippen LogP contribution in [0.5, 0.6) is 0 Å². The van der Waals surface area contributed by atoms with Crippen LogP contribution >= 0.6 is 11.8 Å². The predicted octanol–water partition coefficient (Wildman–Crippen LogP) is 1.33. The van der Waals surface area contributed by atoms with Crippen molar-refractivity contribution in [3.63, 3.8) is 0 Å². The zero-order chi connectivity index (χ0) is 14.9. The predicted molar refractivity (Wildman–Crippen MR) is 68.0 cm³/mol. The Morgan fingerprint density at radius 1 is 1.45 bits per heavy atom. The van der Waals surface area contributed by atoms with Crippen molar-refractivity contribution in [2.24, 2.45) is 0 Å². The average Bonchev–Trinajstić information content (AvgIpc) is 2.86. The van der Waals surface area contributed by atoms with Crippen LogP contribution in [0, 0.1) is 15.9 Å². The summed E-state index contributed by atoms with van der Waals surface area (Å²) in [6.07, 6.45) is 0. The fourth-order valence-electron chi connectivity index (χ4n) is 1.82. The van der Waals surface area contributed by atoms with Gasteiger partial charge in [0.15, 0.2) is 0 Å². The van der Waals surface area contributed by atoms with Gasteiger partial charge in [0, 0.05) is 17.4 Å². The summed E-state index contributed by atoms with van der Waals surface area (Å²) in [4.78, 5) is 34.0. The molecule has 0 aliphatic carbocycles. The van der Waals surface area contributed by atoms with Gasteiger partial charge >= 0.3 is 5.97 Å². The van der Waals surface area contributed by atoms with E-state index in [0.29, 0.717) is 6.07 Å². The van der Waals surface area contributed by atoms with Gasteiger partial charge in [0.05, 0.1) is 16.9 Å². The number of carbonyl (C=O) groups is 2. The second-order valence-corrected chi connectivity index (χ2v) is 5.08. The van der Waals surface area contributed by atoms with Gasteiger partial charge in [-0.05, 0) is 6.07 Å². The lowest BCUT2D eigenvalue weighted by Crippen LogP contribution is -2.41. The SMILES string of the molecule is O=C(O)[C@@H]1CSCN1C(=O)c1cc(F)cc([N+](=O)[O-])c1. The van der Waals surface area contributed by atoms with Gasteiger partial charge in [0.2, 0.25) is 0 Å². The van der Waals surface area contributed by atoms with Crippen LogP contribution in [0.4, 0.5) is 10.1 Å². The molecule has 0 radical (unpaired) electrons. The Morgan fingerprint density at radius 3 is 2.75 bits per heavy atom. The Bertz CT molecular complexity index is 594. The van der Waals surface area contributed by atoms with Crippen LogP contribution in [0.25, 0.3) is 0 Å². The van der Waals surface area contributed by atoms with Crippen molar-refractivity contribution in [2.75, 3.05) is 11.6 Å². The van der Waals surface area contributed by atoms with E-state index < -0.39 is 34.3 Å². The van der Waals surface area contributed by atoms with Gasteiger partial charge in [-0.15, -0.1) is 11.8 Å². The molecule has 0 aromatic heterocycles. The van der Waals surface area contributed by atoms with E-state index in [-0.39, 0.29) is 17.2 Å². The molecule has 0 spiro atoms. The van der Waals surface area contributed by atoms with Crippen LogP contribution < -0.4 is 0 Å². The molecule has 0 unspecified atom stereocenters. The number of carboxylic acids is 1. The van der Waals surface area contributed by atoms with Crippen molar-refractivity contribution in [3.05, 3.63) is 39.7 Å². The fraction of sp³-hybridized carbons (Fsp3) is 0.273. The molecule has 1 amide bonds. The van der Waals surface area contributed by atoms with Crippen molar-refractivity contribution in [2.45, 2.75) is 6.04 Å². The molecule has 1 N–H and O–H groups in total. The molecule has 1 aromatic rings. The molecular weight excluding hydrogens is 291 g/mol. The molecule has 1 aliphatic rings. The van der Waals surface area contributed by atoms with Crippen molar-refractivity contribution >= 4 is 29.3 Å². The normalized spacial score (nSPS) is 18.1. The van der Waals surface area contributed by atoms with Crippen molar-refractivity contribution < 1.29 is 24.0 Å². The van der Waals surface area contributed by atoms with E-state index in [1.165, 1.54) is 11.8 Å². The number of nitrogens with zero attached hydrogens (tertiary/aromatic N) is 2. The van der Waals surface area contributed by atoms with E-state index in [1.54, 1.807) is 0 Å². The van der Waals surface area contributed by atoms with E-state index >= 15 is 0 Å². The first-order chi connectivity index (χ1) is 9.40. The van der Waals surface area contributed by atoms with E-state index in [4.69, 9.17) is 5.11 Å². The van der Waals surface area contributed by atoms with Crippen LogP contribution in [-0.4, -0.2) is 44.5 Å². The second-order valence-electron chi connectivity index (χ2n) is 4.08. The summed E-state index contributed by atoms with van der Waals surface area (Å²) in [5, 5.41) is 19.6. The first-order valence-corrected chi connectivity index (χ1v) is 6.62. The minimum atomic E-state index is -1.16. The van der Waals surface area contributed by atoms with Crippen molar-refractivity contribution in [3.8, 4) is 0 Å². The molecule has 106 valence electrons. The van der Waals surface area contributed by atoms with E-state index in [1.807, 2.05) is 0 Å². The molecule has 1 fully saturated rings. The van der Waals surface area contributed by atoms with E-state index in [0.717, 1.165) is 17.0 Å². The van der Waals surface area contributed by atoms with Crippen molar-refractivity contribution in [1.82, 2.24) is 4.90 Å². The quantitative estimate of drug-likeness (QED) is 0.667. The number of halogens is 1. The number of thioether (sulfide) groups is 1. The lowest BCUT2D eigenvalue weighted by Gasteiger charge is -2.20. The maximum Gasteiger partial charge on any atom is 0.327 e. The third-order valence-corrected chi connectivity index (χ3v) is 3.78. The van der Waals surface area contributed by atoms with Gasteiger partial charge in [-0.3, -0.25) is 14.9 Å². The van der Waals surface area contributed by atoms with Gasteiger partial charge in [0.1, 0.15) is 11.9 Å². The van der Waals surface area contributed by atoms with E-state index in [2.05, 4.69) is 0 Å². The summed E-state index contributed by atoms with van der Waals surface area (Å²) in [5.41, 5.74) is -0.780. The molecule has 9 heteroatoms. The summed E-state index contributed by atoms with van der Waals surface area (Å²) in [5.74, 6) is -2.42. The number of amides is 1. The first kappa shape index (κ1) is 14.3. The Hall–Kier alpha value is -2.16. The number of nitro benzene ring substituents is 1. The van der Waals surface area contributed by atoms with Gasteiger partial charge in [-0.25, -0.2) is 9.18 Å². The van der Waals surface area contributed by atoms with Gasteiger partial charge in [-0.2, -0.15) is 0 Å². The number of carboxylic acid groups (broad SMARTS) is 1. The highest BCUT2D eigenvalue weighted by Crippen LogP contribution is 2.25. The number of hydrogen-bond acceptors (Lipinski definition) is 5. The maximum absolute atomic E-state index is 13.3. The van der Waals surface area contributed by atoms with Crippen LogP contribution in [0.2, 0.25) is 0 Å². The average molecular weight is 300 g/mol. The number of rotatable bonds is 3. The molecule has 0 saturated carbocycles. The minimum Gasteiger partial charge on any atom is -0.480 e. The van der Waals surface area contributed by atoms with Gasteiger partial charge in [0.25, 0.3) is 11.6 Å². The van der Waals surface area contributed by atoms with Crippen molar-refractivity contribution in [1.29, 1.82) is 0 Å². The molecule has 20 heavy (non-hydrogen) atoms. The maximum atomic E-state index is 13.3. The van der Waals surface area contributed by atoms with Crippen LogP contribution in [0.3, 0.4) is 0 Å². The molecule has 1 saturated heterocycles. The van der Waals surface area contributed by atoms with Crippen LogP contribution in [0.1, 0.15) is 10.4 Å². The third kappa shape index (κ3) is 2.72. The summed E-state index contributed by atoms with van der Waals surface area (Å²) in [7, 11) is 0. The Kier molecular flexibility index (Phi) is 3.89. The Labute approximate surface area is 116 Å². The molecule has 1 aromatic carbocycles. The highest BCUT2D eigenvalue weighted by molar-refractivity contribution is 7.99. The van der Waals surface area contributed by atoms with Crippen LogP contribution in [-0.2, 0) is 4.79 Å². The zero-order valence-corrected chi connectivity index (χ0v) is 10.8. The highest BCUT2D eigenvalue weighted by atomic mass is 32.2. The second kappa shape index (κ2) is 5.45. The number of nitro groups is 1. The Morgan fingerprint density at radius 2 is 2.15 bits per heavy atom. The molecule has 2 rings (SSSR count). The summed E-state index contributed by atoms with van der Waals surface area (Å²) < 4.78 is 13.3. The summed E-state index contributed by atoms with van der Waals surface area (Å²) in [6, 6.07) is 1.49. The van der Waals surface area contributed by atoms with Gasteiger partial charge < -0.3 is 10.0 Å². The largest absolute Gasteiger partial charge is 0.480 e. The molecule has 1 heterocycles. The third-order valence-electron chi connectivity index (χ3n) is 2.77. The lowest BCUT2D eigenvalue weighted by molar-refractivity contribution is -0.385. The fourth-order valence-corrected chi connectivity index (χ4v) is 2.96. The smallest absolute Gasteiger partial charge is 0.327 e. The van der Waals surface area contributed by atoms with Gasteiger partial charge in [-0.1, -0.05) is 0 Å². The number of non-ortho nitro benzene ring substituents is 1. The molecule has 7 nitrogen and oxygen atoms in total. The number of hydrogen-bond donors (Lipinski definition) is 1. The monoisotopic (exact) mass is 300 g/mol. The number of carbonyl (C=O) groups excluding carboxylic acids is 1. The highest BCUT2D eigenvalue weighted by Gasteiger charge is 2.35. The Balaban J connectivity index is 2.33. The topological polar surface area (TPSA) is 101 Å². The standard InChI is InChI=1S/C11H9FN2O5S/c12-7-1-6(2-8(3-7)14(18)19)10(15)13-5-20-4-9(13)11(16)17/h1-3,9H,4-5H2,(H,16,17)/t9-/m0/s1. The molecule has 0 bridgehead atoms. The lowest BCUT2D eigenvalue weighted by atomic mass is 10.1. The number of aliphatic carboxylic acids is 1.